The van der Waals surface area contributed by atoms with Gasteiger partial charge in [0.1, 0.15) is 0 Å². The number of nitrogen functional groups attached to an aromatic ring is 1. The van der Waals surface area contributed by atoms with E-state index in [4.69, 9.17) is 33.7 Å². The predicted octanol–water partition coefficient (Wildman–Crippen LogP) is 3.40. The Kier molecular flexibility index (Phi) is 8.08. The zero-order chi connectivity index (χ0) is 22.5. The number of hydrogen-bond donors (Lipinski definition) is 2. The van der Waals surface area contributed by atoms with Crippen molar-refractivity contribution in [3.8, 4) is 0 Å². The largest absolute Gasteiger partial charge is 0.452 e. The second-order valence-electron chi connectivity index (χ2n) is 6.09. The summed E-state index contributed by atoms with van der Waals surface area (Å²) in [6.07, 6.45) is 0. The van der Waals surface area contributed by atoms with Crippen LogP contribution in [-0.2, 0) is 19.6 Å². The quantitative estimate of drug-likeness (QED) is 0.447. The van der Waals surface area contributed by atoms with Crippen LogP contribution in [0.4, 0.5) is 11.4 Å². The van der Waals surface area contributed by atoms with E-state index in [9.17, 15) is 18.0 Å². The van der Waals surface area contributed by atoms with E-state index < -0.39 is 28.5 Å². The highest BCUT2D eigenvalue weighted by molar-refractivity contribution is 7.89. The third-order valence-electron chi connectivity index (χ3n) is 4.11. The number of rotatable bonds is 8. The summed E-state index contributed by atoms with van der Waals surface area (Å²) in [4.78, 5) is 24.4. The first-order valence-electron chi connectivity index (χ1n) is 8.91. The molecule has 0 aliphatic rings. The molecule has 0 bridgehead atoms. The van der Waals surface area contributed by atoms with Crippen molar-refractivity contribution in [3.05, 3.63) is 52.0 Å². The summed E-state index contributed by atoms with van der Waals surface area (Å²) in [6, 6.07) is 8.46. The van der Waals surface area contributed by atoms with E-state index in [1.54, 1.807) is 13.8 Å². The summed E-state index contributed by atoms with van der Waals surface area (Å²) in [7, 11) is -3.68. The summed E-state index contributed by atoms with van der Waals surface area (Å²) < 4.78 is 31.5. The normalized spacial score (nSPS) is 11.4. The third-order valence-corrected chi connectivity index (χ3v) is 6.69. The minimum absolute atomic E-state index is 0.0132. The van der Waals surface area contributed by atoms with Gasteiger partial charge in [-0.15, -0.1) is 0 Å². The lowest BCUT2D eigenvalue weighted by molar-refractivity contribution is -0.119. The molecular formula is C19H21Cl2N3O5S. The fourth-order valence-electron chi connectivity index (χ4n) is 2.61. The summed E-state index contributed by atoms with van der Waals surface area (Å²) >= 11 is 11.7. The first kappa shape index (κ1) is 23.9. The number of benzene rings is 2. The molecule has 2 aromatic carbocycles. The van der Waals surface area contributed by atoms with Crippen LogP contribution in [0.3, 0.4) is 0 Å². The number of carbonyl (C=O) groups is 2. The van der Waals surface area contributed by atoms with Crippen molar-refractivity contribution in [2.75, 3.05) is 30.7 Å². The Hall–Kier alpha value is -2.33. The highest BCUT2D eigenvalue weighted by Crippen LogP contribution is 2.28. The number of esters is 1. The maximum atomic E-state index is 12.6. The highest BCUT2D eigenvalue weighted by atomic mass is 35.5. The van der Waals surface area contributed by atoms with Crippen molar-refractivity contribution in [3.63, 3.8) is 0 Å². The van der Waals surface area contributed by atoms with Gasteiger partial charge in [0.05, 0.1) is 21.2 Å². The van der Waals surface area contributed by atoms with Crippen LogP contribution in [0.5, 0.6) is 0 Å². The maximum Gasteiger partial charge on any atom is 0.340 e. The standard InChI is InChI=1S/C19H21Cl2N3O5S/c1-3-24(4-2)30(27,28)14-7-5-6-13(10-14)23-17(25)11-29-19(26)15-8-12(20)9-16(21)18(15)22/h5-10H,3-4,11,22H2,1-2H3,(H,23,25). The van der Waals surface area contributed by atoms with E-state index in [1.807, 2.05) is 0 Å². The van der Waals surface area contributed by atoms with Gasteiger partial charge in [-0.3, -0.25) is 4.79 Å². The van der Waals surface area contributed by atoms with Gasteiger partial charge in [-0.2, -0.15) is 4.31 Å². The Morgan fingerprint density at radius 3 is 2.43 bits per heavy atom. The molecule has 0 aromatic heterocycles. The molecule has 0 atom stereocenters. The van der Waals surface area contributed by atoms with Crippen LogP contribution < -0.4 is 11.1 Å². The molecule has 0 saturated carbocycles. The fraction of sp³-hybridized carbons (Fsp3) is 0.263. The van der Waals surface area contributed by atoms with E-state index in [-0.39, 0.29) is 31.9 Å². The zero-order valence-corrected chi connectivity index (χ0v) is 18.6. The van der Waals surface area contributed by atoms with Crippen molar-refractivity contribution in [2.24, 2.45) is 0 Å². The van der Waals surface area contributed by atoms with Gasteiger partial charge >= 0.3 is 5.97 Å². The van der Waals surface area contributed by atoms with E-state index in [0.29, 0.717) is 13.1 Å². The SMILES string of the molecule is CCN(CC)S(=O)(=O)c1cccc(NC(=O)COC(=O)c2cc(Cl)cc(Cl)c2N)c1. The minimum atomic E-state index is -3.68. The van der Waals surface area contributed by atoms with Crippen LogP contribution in [0.25, 0.3) is 0 Å². The molecule has 0 unspecified atom stereocenters. The lowest BCUT2D eigenvalue weighted by Crippen LogP contribution is -2.30. The summed E-state index contributed by atoms with van der Waals surface area (Å²) in [6.45, 7) is 3.50. The molecule has 11 heteroatoms. The zero-order valence-electron chi connectivity index (χ0n) is 16.3. The molecular weight excluding hydrogens is 453 g/mol. The number of ether oxygens (including phenoxy) is 1. The topological polar surface area (TPSA) is 119 Å². The van der Waals surface area contributed by atoms with E-state index >= 15 is 0 Å². The molecule has 3 N–H and O–H groups in total. The number of carbonyl (C=O) groups excluding carboxylic acids is 2. The van der Waals surface area contributed by atoms with Gasteiger partial charge in [0.15, 0.2) is 6.61 Å². The van der Waals surface area contributed by atoms with Crippen LogP contribution in [-0.4, -0.2) is 44.3 Å². The lowest BCUT2D eigenvalue weighted by atomic mass is 10.2. The number of anilines is 2. The molecule has 0 fully saturated rings. The van der Waals surface area contributed by atoms with Gasteiger partial charge in [0.2, 0.25) is 10.0 Å². The average molecular weight is 474 g/mol. The predicted molar refractivity (Wildman–Crippen MR) is 116 cm³/mol. The molecule has 0 aliphatic heterocycles. The Bertz CT molecular complexity index is 1060. The molecule has 0 heterocycles. The summed E-state index contributed by atoms with van der Waals surface area (Å²) in [5.74, 6) is -1.53. The van der Waals surface area contributed by atoms with Crippen LogP contribution >= 0.6 is 23.2 Å². The second-order valence-corrected chi connectivity index (χ2v) is 8.87. The van der Waals surface area contributed by atoms with Crippen LogP contribution in [0.15, 0.2) is 41.3 Å². The van der Waals surface area contributed by atoms with E-state index in [1.165, 1.54) is 40.7 Å². The van der Waals surface area contributed by atoms with Gasteiger partial charge in [-0.1, -0.05) is 43.1 Å². The van der Waals surface area contributed by atoms with E-state index in [0.717, 1.165) is 0 Å². The second kappa shape index (κ2) is 10.1. The summed E-state index contributed by atoms with van der Waals surface area (Å²) in [5.41, 5.74) is 5.90. The summed E-state index contributed by atoms with van der Waals surface area (Å²) in [5, 5.41) is 2.77. The Labute approximate surface area is 184 Å². The van der Waals surface area contributed by atoms with E-state index in [2.05, 4.69) is 5.32 Å². The third kappa shape index (κ3) is 5.63. The number of halogens is 2. The van der Waals surface area contributed by atoms with Gasteiger partial charge in [-0.05, 0) is 30.3 Å². The Morgan fingerprint density at radius 1 is 1.13 bits per heavy atom. The molecule has 0 saturated heterocycles. The van der Waals surface area contributed by atoms with Crippen LogP contribution in [0.1, 0.15) is 24.2 Å². The lowest BCUT2D eigenvalue weighted by Gasteiger charge is -2.18. The Balaban J connectivity index is 2.07. The van der Waals surface area contributed by atoms with Crippen LogP contribution in [0.2, 0.25) is 10.0 Å². The van der Waals surface area contributed by atoms with Gasteiger partial charge < -0.3 is 15.8 Å². The van der Waals surface area contributed by atoms with Crippen LogP contribution in [0, 0.1) is 0 Å². The van der Waals surface area contributed by atoms with Crippen molar-refractivity contribution in [1.29, 1.82) is 0 Å². The molecule has 2 aromatic rings. The maximum absolute atomic E-state index is 12.6. The number of nitrogens with one attached hydrogen (secondary N) is 1. The number of hydrogen-bond acceptors (Lipinski definition) is 6. The fourth-order valence-corrected chi connectivity index (χ4v) is 4.60. The smallest absolute Gasteiger partial charge is 0.340 e. The molecule has 0 aliphatic carbocycles. The molecule has 2 rings (SSSR count). The first-order chi connectivity index (χ1) is 14.1. The minimum Gasteiger partial charge on any atom is -0.452 e. The van der Waals surface area contributed by atoms with Gasteiger partial charge in [-0.25, -0.2) is 13.2 Å². The molecule has 0 radical (unpaired) electrons. The number of nitrogens with zero attached hydrogens (tertiary/aromatic N) is 1. The molecule has 30 heavy (non-hydrogen) atoms. The van der Waals surface area contributed by atoms with Crippen molar-refractivity contribution in [1.82, 2.24) is 4.31 Å². The monoisotopic (exact) mass is 473 g/mol. The van der Waals surface area contributed by atoms with Crippen molar-refractivity contribution >= 4 is 56.5 Å². The first-order valence-corrected chi connectivity index (χ1v) is 11.1. The molecule has 0 spiro atoms. The number of amides is 1. The molecule has 8 nitrogen and oxygen atoms in total. The van der Waals surface area contributed by atoms with Gasteiger partial charge in [0.25, 0.3) is 5.91 Å². The molecule has 162 valence electrons. The number of sulfonamides is 1. The van der Waals surface area contributed by atoms with Crippen molar-refractivity contribution in [2.45, 2.75) is 18.7 Å². The molecule has 1 amide bonds. The highest BCUT2D eigenvalue weighted by Gasteiger charge is 2.22. The van der Waals surface area contributed by atoms with Gasteiger partial charge in [0, 0.05) is 23.8 Å². The Morgan fingerprint density at radius 2 is 1.80 bits per heavy atom. The number of nitrogens with two attached hydrogens (primary N) is 1. The van der Waals surface area contributed by atoms with Crippen molar-refractivity contribution < 1.29 is 22.7 Å². The average Bonchev–Trinajstić information content (AvgIpc) is 2.69.